The first-order chi connectivity index (χ1) is 9.53. The molecule has 9 heteroatoms. The summed E-state index contributed by atoms with van der Waals surface area (Å²) in [6.07, 6.45) is 0. The molecule has 0 aliphatic rings. The van der Waals surface area contributed by atoms with Gasteiger partial charge in [0.1, 0.15) is 0 Å². The van der Waals surface area contributed by atoms with E-state index in [9.17, 15) is 8.42 Å². The number of anilines is 1. The van der Waals surface area contributed by atoms with Crippen LogP contribution >= 0.6 is 0 Å². The van der Waals surface area contributed by atoms with Gasteiger partial charge < -0.3 is 5.32 Å². The van der Waals surface area contributed by atoms with Crippen molar-refractivity contribution in [3.63, 3.8) is 0 Å². The molecule has 0 radical (unpaired) electrons. The van der Waals surface area contributed by atoms with Gasteiger partial charge in [-0.3, -0.25) is 0 Å². The van der Waals surface area contributed by atoms with E-state index in [2.05, 4.69) is 30.7 Å². The maximum absolute atomic E-state index is 11.8. The number of nitrogens with one attached hydrogen (secondary N) is 3. The summed E-state index contributed by atoms with van der Waals surface area (Å²) >= 11 is 0. The second-order valence-corrected chi connectivity index (χ2v) is 5.93. The van der Waals surface area contributed by atoms with Gasteiger partial charge in [-0.1, -0.05) is 12.1 Å². The first kappa shape index (κ1) is 14.4. The average molecular weight is 296 g/mol. The van der Waals surface area contributed by atoms with Gasteiger partial charge in [-0.25, -0.2) is 13.1 Å². The molecule has 0 aliphatic carbocycles. The predicted molar refractivity (Wildman–Crippen MR) is 73.5 cm³/mol. The molecule has 0 bridgehead atoms. The third-order valence-corrected chi connectivity index (χ3v) is 4.19. The summed E-state index contributed by atoms with van der Waals surface area (Å²) < 4.78 is 26.0. The molecule has 20 heavy (non-hydrogen) atoms. The largest absolute Gasteiger partial charge is 0.375 e. The van der Waals surface area contributed by atoms with E-state index in [1.165, 1.54) is 0 Å². The molecule has 0 saturated heterocycles. The summed E-state index contributed by atoms with van der Waals surface area (Å²) in [6.45, 7) is 3.98. The summed E-state index contributed by atoms with van der Waals surface area (Å²) in [5, 5.41) is 16.8. The van der Waals surface area contributed by atoms with E-state index < -0.39 is 10.0 Å². The van der Waals surface area contributed by atoms with Gasteiger partial charge in [0.15, 0.2) is 5.82 Å². The molecular formula is C11H16N6O2S. The molecule has 1 unspecified atom stereocenters. The van der Waals surface area contributed by atoms with Crippen LogP contribution < -0.4 is 10.0 Å². The van der Waals surface area contributed by atoms with Crippen LogP contribution in [0.4, 0.5) is 5.69 Å². The molecule has 8 nitrogen and oxygen atoms in total. The van der Waals surface area contributed by atoms with Crippen molar-refractivity contribution in [2.45, 2.75) is 24.8 Å². The number of aromatic nitrogens is 4. The molecule has 108 valence electrons. The standard InChI is InChI=1S/C11H16N6O2S/c1-3-12-20(18,19)10-6-4-9(5-7-10)13-8(2)11-14-16-17-15-11/h4-8,12-13H,3H2,1-2H3,(H,14,15,16,17). The number of hydrogen-bond acceptors (Lipinski definition) is 6. The molecule has 2 rings (SSSR count). The maximum atomic E-state index is 11.8. The highest BCUT2D eigenvalue weighted by Crippen LogP contribution is 2.18. The minimum atomic E-state index is -3.42. The van der Waals surface area contributed by atoms with Crippen LogP contribution in [-0.2, 0) is 10.0 Å². The normalized spacial score (nSPS) is 13.1. The zero-order valence-electron chi connectivity index (χ0n) is 11.2. The molecular weight excluding hydrogens is 280 g/mol. The van der Waals surface area contributed by atoms with Gasteiger partial charge >= 0.3 is 0 Å². The Morgan fingerprint density at radius 3 is 2.55 bits per heavy atom. The van der Waals surface area contributed by atoms with E-state index in [0.717, 1.165) is 5.69 Å². The minimum Gasteiger partial charge on any atom is -0.375 e. The van der Waals surface area contributed by atoms with E-state index in [-0.39, 0.29) is 10.9 Å². The van der Waals surface area contributed by atoms with Crippen molar-refractivity contribution < 1.29 is 8.42 Å². The molecule has 1 aromatic carbocycles. The third kappa shape index (κ3) is 3.31. The number of tetrazole rings is 1. The fourth-order valence-electron chi connectivity index (χ4n) is 1.67. The summed E-state index contributed by atoms with van der Waals surface area (Å²) in [4.78, 5) is 0.233. The van der Waals surface area contributed by atoms with Gasteiger partial charge in [-0.05, 0) is 31.2 Å². The fraction of sp³-hybridized carbons (Fsp3) is 0.364. The lowest BCUT2D eigenvalue weighted by Crippen LogP contribution is -2.23. The van der Waals surface area contributed by atoms with E-state index >= 15 is 0 Å². The molecule has 1 atom stereocenters. The Balaban J connectivity index is 2.09. The molecule has 0 saturated carbocycles. The number of rotatable bonds is 6. The van der Waals surface area contributed by atoms with E-state index in [1.54, 1.807) is 31.2 Å². The van der Waals surface area contributed by atoms with Crippen LogP contribution in [0.25, 0.3) is 0 Å². The summed E-state index contributed by atoms with van der Waals surface area (Å²) in [5.74, 6) is 0.536. The highest BCUT2D eigenvalue weighted by atomic mass is 32.2. The van der Waals surface area contributed by atoms with Crippen molar-refractivity contribution in [2.75, 3.05) is 11.9 Å². The topological polar surface area (TPSA) is 113 Å². The Bertz CT molecular complexity index is 638. The Kier molecular flexibility index (Phi) is 4.30. The Labute approximate surface area is 117 Å². The van der Waals surface area contributed by atoms with Crippen molar-refractivity contribution in [3.05, 3.63) is 30.1 Å². The minimum absolute atomic E-state index is 0.134. The quantitative estimate of drug-likeness (QED) is 0.722. The van der Waals surface area contributed by atoms with Crippen LogP contribution in [0, 0.1) is 0 Å². The van der Waals surface area contributed by atoms with Crippen molar-refractivity contribution in [1.29, 1.82) is 0 Å². The van der Waals surface area contributed by atoms with Crippen LogP contribution in [-0.4, -0.2) is 35.6 Å². The van der Waals surface area contributed by atoms with Crippen LogP contribution in [0.5, 0.6) is 0 Å². The monoisotopic (exact) mass is 296 g/mol. The van der Waals surface area contributed by atoms with E-state index in [4.69, 9.17) is 0 Å². The van der Waals surface area contributed by atoms with Gasteiger partial charge in [-0.15, -0.1) is 10.2 Å². The molecule has 1 heterocycles. The SMILES string of the molecule is CCNS(=O)(=O)c1ccc(NC(C)c2nn[nH]n2)cc1. The van der Waals surface area contributed by atoms with Crippen LogP contribution in [0.3, 0.4) is 0 Å². The second-order valence-electron chi connectivity index (χ2n) is 4.16. The lowest BCUT2D eigenvalue weighted by atomic mass is 10.2. The number of nitrogens with zero attached hydrogens (tertiary/aromatic N) is 3. The van der Waals surface area contributed by atoms with Crippen molar-refractivity contribution >= 4 is 15.7 Å². The fourth-order valence-corrected chi connectivity index (χ4v) is 2.71. The molecule has 2 aromatic rings. The number of benzene rings is 1. The van der Waals surface area contributed by atoms with E-state index in [0.29, 0.717) is 12.4 Å². The molecule has 3 N–H and O–H groups in total. The highest BCUT2D eigenvalue weighted by molar-refractivity contribution is 7.89. The van der Waals surface area contributed by atoms with Crippen molar-refractivity contribution in [2.24, 2.45) is 0 Å². The Morgan fingerprint density at radius 1 is 1.30 bits per heavy atom. The summed E-state index contributed by atoms with van der Waals surface area (Å²) in [7, 11) is -3.42. The van der Waals surface area contributed by atoms with Crippen molar-refractivity contribution in [1.82, 2.24) is 25.3 Å². The van der Waals surface area contributed by atoms with Gasteiger partial charge in [0.05, 0.1) is 10.9 Å². The zero-order valence-corrected chi connectivity index (χ0v) is 12.0. The first-order valence-corrected chi connectivity index (χ1v) is 7.61. The number of hydrogen-bond donors (Lipinski definition) is 3. The van der Waals surface area contributed by atoms with Crippen molar-refractivity contribution in [3.8, 4) is 0 Å². The lowest BCUT2D eigenvalue weighted by molar-refractivity contribution is 0.584. The maximum Gasteiger partial charge on any atom is 0.240 e. The molecule has 0 aliphatic heterocycles. The number of sulfonamides is 1. The summed E-state index contributed by atoms with van der Waals surface area (Å²) in [5.41, 5.74) is 0.776. The predicted octanol–water partition coefficient (Wildman–Crippen LogP) is 0.671. The first-order valence-electron chi connectivity index (χ1n) is 6.12. The second kappa shape index (κ2) is 5.97. The third-order valence-electron chi connectivity index (χ3n) is 2.63. The van der Waals surface area contributed by atoms with Crippen LogP contribution in [0.15, 0.2) is 29.2 Å². The summed E-state index contributed by atoms with van der Waals surface area (Å²) in [6, 6.07) is 6.35. The lowest BCUT2D eigenvalue weighted by Gasteiger charge is -2.12. The zero-order chi connectivity index (χ0) is 14.6. The van der Waals surface area contributed by atoms with Crippen LogP contribution in [0.1, 0.15) is 25.7 Å². The molecule has 0 amide bonds. The number of H-pyrrole nitrogens is 1. The number of aromatic amines is 1. The van der Waals surface area contributed by atoms with Gasteiger partial charge in [0, 0.05) is 12.2 Å². The van der Waals surface area contributed by atoms with Crippen LogP contribution in [0.2, 0.25) is 0 Å². The average Bonchev–Trinajstić information content (AvgIpc) is 2.93. The highest BCUT2D eigenvalue weighted by Gasteiger charge is 2.13. The molecule has 0 spiro atoms. The molecule has 0 fully saturated rings. The smallest absolute Gasteiger partial charge is 0.240 e. The van der Waals surface area contributed by atoms with Gasteiger partial charge in [0.25, 0.3) is 0 Å². The van der Waals surface area contributed by atoms with E-state index in [1.807, 2.05) is 6.92 Å². The van der Waals surface area contributed by atoms with Gasteiger partial charge in [-0.2, -0.15) is 5.21 Å². The Morgan fingerprint density at radius 2 is 2.00 bits per heavy atom. The van der Waals surface area contributed by atoms with Gasteiger partial charge in [0.2, 0.25) is 10.0 Å². The molecule has 1 aromatic heterocycles. The Hall–Kier alpha value is -2.00.